The predicted octanol–water partition coefficient (Wildman–Crippen LogP) is 16.8. The average Bonchev–Trinajstić information content (AvgIpc) is 3.63. The number of rotatable bonds is 10. The maximum atomic E-state index is 2.37. The number of nitrogens with zero attached hydrogens (tertiary/aromatic N) is 2. The molecule has 2 heteroatoms. The van der Waals surface area contributed by atoms with Crippen LogP contribution < -0.4 is 9.80 Å². The Morgan fingerprint density at radius 1 is 0.344 bits per heavy atom. The van der Waals surface area contributed by atoms with E-state index in [1.165, 1.54) is 49.7 Å². The van der Waals surface area contributed by atoms with Crippen LogP contribution in [0.4, 0.5) is 34.1 Å². The molecule has 0 N–H and O–H groups in total. The molecule has 0 spiro atoms. The maximum Gasteiger partial charge on any atom is 0.0540 e. The molecule has 10 rings (SSSR count). The molecule has 0 aliphatic heterocycles. The van der Waals surface area contributed by atoms with E-state index in [9.17, 15) is 0 Å². The van der Waals surface area contributed by atoms with Crippen LogP contribution in [0.2, 0.25) is 0 Å². The van der Waals surface area contributed by atoms with Crippen LogP contribution in [0.25, 0.3) is 44.2 Å². The molecule has 9 aromatic rings. The Hall–Kier alpha value is -7.68. The second kappa shape index (κ2) is 17.3. The van der Waals surface area contributed by atoms with E-state index >= 15 is 0 Å². The van der Waals surface area contributed by atoms with E-state index in [1.54, 1.807) is 0 Å². The van der Waals surface area contributed by atoms with Crippen LogP contribution in [0.5, 0.6) is 0 Å². The first kappa shape index (κ1) is 37.6. The third kappa shape index (κ3) is 7.92. The third-order valence-corrected chi connectivity index (χ3v) is 11.9. The largest absolute Gasteiger partial charge is 0.311 e. The highest BCUT2D eigenvalue weighted by molar-refractivity contribution is 5.97. The van der Waals surface area contributed by atoms with Crippen LogP contribution in [0.1, 0.15) is 24.3 Å². The van der Waals surface area contributed by atoms with E-state index in [0.717, 1.165) is 47.0 Å². The van der Waals surface area contributed by atoms with E-state index in [1.807, 2.05) is 0 Å². The van der Waals surface area contributed by atoms with Crippen molar-refractivity contribution >= 4 is 44.9 Å². The lowest BCUT2D eigenvalue weighted by Gasteiger charge is -2.28. The number of fused-ring (bicyclic) bond motifs is 1. The fourth-order valence-corrected chi connectivity index (χ4v) is 8.75. The zero-order chi connectivity index (χ0) is 40.8. The van der Waals surface area contributed by atoms with E-state index in [4.69, 9.17) is 0 Å². The van der Waals surface area contributed by atoms with Gasteiger partial charge in [0.1, 0.15) is 0 Å². The number of allylic oxidation sites excluding steroid dienone is 4. The van der Waals surface area contributed by atoms with Gasteiger partial charge in [0.25, 0.3) is 0 Å². The minimum atomic E-state index is 0.440. The Balaban J connectivity index is 0.938. The second-order valence-corrected chi connectivity index (χ2v) is 15.6. The molecule has 0 bridgehead atoms. The summed E-state index contributed by atoms with van der Waals surface area (Å²) in [5.74, 6) is 0.440. The fourth-order valence-electron chi connectivity index (χ4n) is 8.75. The molecule has 0 saturated heterocycles. The lowest BCUT2D eigenvalue weighted by atomic mass is 9.94. The Morgan fingerprint density at radius 2 is 0.820 bits per heavy atom. The topological polar surface area (TPSA) is 6.48 Å². The van der Waals surface area contributed by atoms with Crippen molar-refractivity contribution in [3.05, 3.63) is 254 Å². The third-order valence-electron chi connectivity index (χ3n) is 11.9. The molecular formula is C59H46N2. The first-order valence-corrected chi connectivity index (χ1v) is 21.3. The minimum Gasteiger partial charge on any atom is -0.311 e. The molecule has 0 radical (unpaired) electrons. The zero-order valence-corrected chi connectivity index (χ0v) is 34.1. The summed E-state index contributed by atoms with van der Waals surface area (Å²) in [6, 6.07) is 81.3. The van der Waals surface area contributed by atoms with Crippen molar-refractivity contribution in [2.45, 2.75) is 18.8 Å². The predicted molar refractivity (Wildman–Crippen MR) is 260 cm³/mol. The number of hydrogen-bond donors (Lipinski definition) is 0. The quantitative estimate of drug-likeness (QED) is 0.136. The summed E-state index contributed by atoms with van der Waals surface area (Å²) in [6.45, 7) is 0. The van der Waals surface area contributed by atoms with E-state index in [0.29, 0.717) is 5.92 Å². The van der Waals surface area contributed by atoms with Crippen molar-refractivity contribution in [1.82, 2.24) is 0 Å². The number of anilines is 6. The van der Waals surface area contributed by atoms with Gasteiger partial charge in [0.15, 0.2) is 0 Å². The Labute approximate surface area is 359 Å². The maximum absolute atomic E-state index is 2.37. The molecule has 0 heterocycles. The van der Waals surface area contributed by atoms with Gasteiger partial charge in [-0.1, -0.05) is 182 Å². The molecule has 1 unspecified atom stereocenters. The molecule has 0 amide bonds. The normalized spacial score (nSPS) is 13.5. The summed E-state index contributed by atoms with van der Waals surface area (Å²) < 4.78 is 0. The lowest BCUT2D eigenvalue weighted by molar-refractivity contribution is 0.756. The van der Waals surface area contributed by atoms with Crippen LogP contribution in [-0.2, 0) is 0 Å². The number of hydrogen-bond acceptors (Lipinski definition) is 2. The summed E-state index contributed by atoms with van der Waals surface area (Å²) in [5.41, 5.74) is 15.2. The van der Waals surface area contributed by atoms with Gasteiger partial charge in [0.2, 0.25) is 0 Å². The van der Waals surface area contributed by atoms with Gasteiger partial charge in [0.05, 0.1) is 5.69 Å². The summed E-state index contributed by atoms with van der Waals surface area (Å²) >= 11 is 0. The van der Waals surface area contributed by atoms with Gasteiger partial charge in [0, 0.05) is 39.9 Å². The fraction of sp³-hybridized carbons (Fsp3) is 0.0508. The summed E-state index contributed by atoms with van der Waals surface area (Å²) in [4.78, 5) is 4.71. The van der Waals surface area contributed by atoms with Gasteiger partial charge in [-0.2, -0.15) is 0 Å². The molecule has 1 aliphatic rings. The summed E-state index contributed by atoms with van der Waals surface area (Å²) in [6.07, 6.45) is 11.2. The van der Waals surface area contributed by atoms with E-state index in [2.05, 4.69) is 259 Å². The van der Waals surface area contributed by atoms with Crippen LogP contribution in [0, 0.1) is 0 Å². The lowest BCUT2D eigenvalue weighted by Crippen LogP contribution is -2.11. The van der Waals surface area contributed by atoms with Gasteiger partial charge in [-0.15, -0.1) is 0 Å². The van der Waals surface area contributed by atoms with Crippen molar-refractivity contribution in [3.8, 4) is 33.4 Å². The van der Waals surface area contributed by atoms with Crippen molar-refractivity contribution < 1.29 is 0 Å². The van der Waals surface area contributed by atoms with E-state index < -0.39 is 0 Å². The van der Waals surface area contributed by atoms with Crippen LogP contribution in [0.15, 0.2) is 249 Å². The molecule has 0 saturated carbocycles. The van der Waals surface area contributed by atoms with Gasteiger partial charge in [-0.05, 0) is 124 Å². The smallest absolute Gasteiger partial charge is 0.0540 e. The van der Waals surface area contributed by atoms with Gasteiger partial charge >= 0.3 is 0 Å². The molecule has 61 heavy (non-hydrogen) atoms. The average molecular weight is 783 g/mol. The Kier molecular flexibility index (Phi) is 10.6. The first-order valence-electron chi connectivity index (χ1n) is 21.3. The standard InChI is InChI=1S/C59H46N2/c1-2-6-17-44(16-5-1)46-32-38-53(39-33-46)60(51-20-7-3-8-21-51)54-40-34-47(35-41-54)45-28-30-50(31-29-45)58-25-13-14-27-59(58)61(52-22-9-4-10-23-52)55-42-36-49(37-43-55)57-26-15-19-48-18-11-12-24-56(48)57/h1-5,7-16,18-44H,6,17H2. The minimum absolute atomic E-state index is 0.440. The first-order chi connectivity index (χ1) is 30.3. The SMILES string of the molecule is C1=CCCC(c2ccc(N(c3ccccc3)c3ccc(-c4ccc(-c5ccccc5N(c5ccccc5)c5ccc(-c6cccc7ccccc67)cc5)cc4)cc3)cc2)C=C1. The molecule has 0 aromatic heterocycles. The Bertz CT molecular complexity index is 2920. The van der Waals surface area contributed by atoms with E-state index in [-0.39, 0.29) is 0 Å². The van der Waals surface area contributed by atoms with Crippen molar-refractivity contribution in [1.29, 1.82) is 0 Å². The summed E-state index contributed by atoms with van der Waals surface area (Å²) in [7, 11) is 0. The monoisotopic (exact) mass is 782 g/mol. The molecular weight excluding hydrogens is 737 g/mol. The Morgan fingerprint density at radius 3 is 1.52 bits per heavy atom. The highest BCUT2D eigenvalue weighted by atomic mass is 15.1. The molecule has 9 aromatic carbocycles. The molecule has 1 aliphatic carbocycles. The van der Waals surface area contributed by atoms with Gasteiger partial charge in [-0.25, -0.2) is 0 Å². The van der Waals surface area contributed by atoms with Crippen LogP contribution in [-0.4, -0.2) is 0 Å². The molecule has 1 atom stereocenters. The van der Waals surface area contributed by atoms with Gasteiger partial charge in [-0.3, -0.25) is 0 Å². The zero-order valence-electron chi connectivity index (χ0n) is 34.1. The summed E-state index contributed by atoms with van der Waals surface area (Å²) in [5, 5.41) is 2.51. The highest BCUT2D eigenvalue weighted by Gasteiger charge is 2.18. The number of benzene rings is 9. The molecule has 2 nitrogen and oxygen atoms in total. The van der Waals surface area contributed by atoms with Crippen molar-refractivity contribution in [2.75, 3.05) is 9.80 Å². The van der Waals surface area contributed by atoms with Crippen LogP contribution >= 0.6 is 0 Å². The molecule has 0 fully saturated rings. The van der Waals surface area contributed by atoms with Crippen molar-refractivity contribution in [2.24, 2.45) is 0 Å². The molecule has 292 valence electrons. The highest BCUT2D eigenvalue weighted by Crippen LogP contribution is 2.43. The van der Waals surface area contributed by atoms with Gasteiger partial charge < -0.3 is 9.80 Å². The van der Waals surface area contributed by atoms with Crippen molar-refractivity contribution in [3.63, 3.8) is 0 Å². The number of para-hydroxylation sites is 3. The second-order valence-electron chi connectivity index (χ2n) is 15.6. The van der Waals surface area contributed by atoms with Crippen LogP contribution in [0.3, 0.4) is 0 Å².